The number of hydrogen-bond acceptors (Lipinski definition) is 5. The molecule has 3 aliphatic heterocycles. The van der Waals surface area contributed by atoms with Gasteiger partial charge in [0, 0.05) is 30.1 Å². The van der Waals surface area contributed by atoms with Gasteiger partial charge in [0.1, 0.15) is 6.04 Å². The average Bonchev–Trinajstić information content (AvgIpc) is 3.47. The lowest BCUT2D eigenvalue weighted by molar-refractivity contribution is -0.139. The lowest BCUT2D eigenvalue weighted by atomic mass is 9.66. The summed E-state index contributed by atoms with van der Waals surface area (Å²) in [6.07, 6.45) is 3.67. The number of fused-ring (bicyclic) bond motifs is 1. The standard InChI is InChI=1S/C29H35N3O4S/c1-28-15-16-29(37-28)23(22(28)25(34)31-21-13-7-3-8-14-21)27(36)32(17-9-4-10-18-33)24(29)26(35)30-19-20-11-5-2-6-12-20/h2-3,5-8,11-14,22-24,33H,4,9-10,15-19H2,1H3,(H,30,35)(H,31,34)/t22-,23-,24?,28+,29?/m0/s1. The second-order valence-electron chi connectivity index (χ2n) is 10.6. The molecule has 2 aromatic carbocycles. The number of rotatable bonds is 10. The van der Waals surface area contributed by atoms with Gasteiger partial charge in [-0.1, -0.05) is 48.5 Å². The predicted molar refractivity (Wildman–Crippen MR) is 145 cm³/mol. The van der Waals surface area contributed by atoms with Crippen LogP contribution < -0.4 is 10.6 Å². The van der Waals surface area contributed by atoms with Gasteiger partial charge >= 0.3 is 0 Å². The number of carbonyl (C=O) groups is 3. The number of benzene rings is 2. The first-order valence-corrected chi connectivity index (χ1v) is 14.0. The quantitative estimate of drug-likeness (QED) is 0.415. The lowest BCUT2D eigenvalue weighted by Gasteiger charge is -2.34. The van der Waals surface area contributed by atoms with Crippen LogP contribution in [0.25, 0.3) is 0 Å². The molecular formula is C29H35N3O4S. The Morgan fingerprint density at radius 3 is 2.41 bits per heavy atom. The van der Waals surface area contributed by atoms with Crippen LogP contribution in [0.5, 0.6) is 0 Å². The maximum Gasteiger partial charge on any atom is 0.244 e. The summed E-state index contributed by atoms with van der Waals surface area (Å²) in [7, 11) is 0. The minimum atomic E-state index is -0.623. The van der Waals surface area contributed by atoms with Crippen molar-refractivity contribution < 1.29 is 19.5 Å². The molecule has 2 bridgehead atoms. The third-order valence-corrected chi connectivity index (χ3v) is 10.2. The number of aliphatic hydroxyl groups is 1. The van der Waals surface area contributed by atoms with Gasteiger partial charge in [-0.3, -0.25) is 14.4 Å². The number of anilines is 1. The highest BCUT2D eigenvalue weighted by Gasteiger charge is 2.76. The minimum Gasteiger partial charge on any atom is -0.396 e. The van der Waals surface area contributed by atoms with E-state index in [4.69, 9.17) is 0 Å². The monoisotopic (exact) mass is 521 g/mol. The summed E-state index contributed by atoms with van der Waals surface area (Å²) in [5.41, 5.74) is 1.71. The number of nitrogens with one attached hydrogen (secondary N) is 2. The summed E-state index contributed by atoms with van der Waals surface area (Å²) in [6.45, 7) is 3.03. The van der Waals surface area contributed by atoms with Crippen molar-refractivity contribution in [2.24, 2.45) is 11.8 Å². The fourth-order valence-electron chi connectivity index (χ4n) is 6.56. The molecule has 2 aromatic rings. The maximum atomic E-state index is 14.0. The number of aliphatic hydroxyl groups excluding tert-OH is 1. The summed E-state index contributed by atoms with van der Waals surface area (Å²) < 4.78 is -1.03. The molecule has 5 rings (SSSR count). The van der Waals surface area contributed by atoms with Crippen LogP contribution in [0.3, 0.4) is 0 Å². The molecule has 1 spiro atoms. The highest BCUT2D eigenvalue weighted by Crippen LogP contribution is 2.71. The Morgan fingerprint density at radius 1 is 1.00 bits per heavy atom. The molecule has 0 radical (unpaired) electrons. The zero-order valence-corrected chi connectivity index (χ0v) is 22.0. The number of para-hydroxylation sites is 1. The van der Waals surface area contributed by atoms with E-state index in [0.717, 1.165) is 24.8 Å². The Morgan fingerprint density at radius 2 is 1.70 bits per heavy atom. The number of likely N-dealkylation sites (tertiary alicyclic amines) is 1. The number of nitrogens with zero attached hydrogens (tertiary/aromatic N) is 1. The molecule has 196 valence electrons. The van der Waals surface area contributed by atoms with E-state index in [0.29, 0.717) is 31.6 Å². The Hall–Kier alpha value is -2.84. The van der Waals surface area contributed by atoms with Crippen LogP contribution in [-0.2, 0) is 20.9 Å². The van der Waals surface area contributed by atoms with Crippen molar-refractivity contribution in [1.29, 1.82) is 0 Å². The van der Waals surface area contributed by atoms with E-state index < -0.39 is 27.4 Å². The van der Waals surface area contributed by atoms with Gasteiger partial charge in [-0.15, -0.1) is 11.8 Å². The van der Waals surface area contributed by atoms with Gasteiger partial charge in [0.15, 0.2) is 0 Å². The Labute approximate surface area is 222 Å². The molecule has 2 unspecified atom stereocenters. The Bertz CT molecular complexity index is 1150. The smallest absolute Gasteiger partial charge is 0.244 e. The molecule has 3 N–H and O–H groups in total. The van der Waals surface area contributed by atoms with Crippen LogP contribution in [-0.4, -0.2) is 56.4 Å². The Kier molecular flexibility index (Phi) is 7.32. The summed E-state index contributed by atoms with van der Waals surface area (Å²) in [5.74, 6) is -1.43. The molecule has 5 atom stereocenters. The van der Waals surface area contributed by atoms with Gasteiger partial charge in [-0.25, -0.2) is 0 Å². The summed E-state index contributed by atoms with van der Waals surface area (Å²) >= 11 is 1.68. The average molecular weight is 522 g/mol. The predicted octanol–water partition coefficient (Wildman–Crippen LogP) is 3.59. The van der Waals surface area contributed by atoms with Crippen molar-refractivity contribution in [3.63, 3.8) is 0 Å². The largest absolute Gasteiger partial charge is 0.396 e. The maximum absolute atomic E-state index is 14.0. The van der Waals surface area contributed by atoms with Crippen molar-refractivity contribution in [3.8, 4) is 0 Å². The van der Waals surface area contributed by atoms with Crippen molar-refractivity contribution in [2.75, 3.05) is 18.5 Å². The summed E-state index contributed by atoms with van der Waals surface area (Å²) in [5, 5.41) is 15.3. The number of thioether (sulfide) groups is 1. The molecule has 0 saturated carbocycles. The fraction of sp³-hybridized carbons (Fsp3) is 0.483. The highest BCUT2D eigenvalue weighted by molar-refractivity contribution is 8.02. The minimum absolute atomic E-state index is 0.0898. The normalized spacial score (nSPS) is 29.8. The van der Waals surface area contributed by atoms with Gasteiger partial charge < -0.3 is 20.6 Å². The van der Waals surface area contributed by atoms with Crippen molar-refractivity contribution >= 4 is 35.2 Å². The van der Waals surface area contributed by atoms with Gasteiger partial charge in [-0.2, -0.15) is 0 Å². The Balaban J connectivity index is 1.43. The van der Waals surface area contributed by atoms with Gasteiger partial charge in [0.2, 0.25) is 17.7 Å². The van der Waals surface area contributed by atoms with Crippen LogP contribution in [0.15, 0.2) is 60.7 Å². The molecular weight excluding hydrogens is 486 g/mol. The van der Waals surface area contributed by atoms with Crippen LogP contribution in [0.1, 0.15) is 44.6 Å². The van der Waals surface area contributed by atoms with Crippen LogP contribution in [0, 0.1) is 11.8 Å². The second-order valence-corrected chi connectivity index (χ2v) is 12.5. The SMILES string of the molecule is C[C@]12CCC3(S1)C(C(=O)NCc1ccccc1)N(CCCCCO)C(=O)[C@@H]3[C@H]2C(=O)Nc1ccccc1. The van der Waals surface area contributed by atoms with Crippen molar-refractivity contribution in [1.82, 2.24) is 10.2 Å². The molecule has 3 aliphatic rings. The summed E-state index contributed by atoms with van der Waals surface area (Å²) in [4.78, 5) is 43.2. The second kappa shape index (κ2) is 10.5. The van der Waals surface area contributed by atoms with E-state index in [9.17, 15) is 19.5 Å². The third-order valence-electron chi connectivity index (χ3n) is 8.22. The number of amides is 3. The molecule has 3 amide bonds. The molecule has 3 fully saturated rings. The van der Waals surface area contributed by atoms with Crippen LogP contribution in [0.2, 0.25) is 0 Å². The first kappa shape index (κ1) is 25.8. The number of unbranched alkanes of at least 4 members (excludes halogenated alkanes) is 2. The zero-order valence-electron chi connectivity index (χ0n) is 21.2. The van der Waals surface area contributed by atoms with E-state index in [1.807, 2.05) is 60.7 Å². The third kappa shape index (κ3) is 4.66. The van der Waals surface area contributed by atoms with Gasteiger partial charge in [-0.05, 0) is 56.7 Å². The van der Waals surface area contributed by atoms with Crippen LogP contribution in [0.4, 0.5) is 5.69 Å². The molecule has 3 heterocycles. The lowest BCUT2D eigenvalue weighted by Crippen LogP contribution is -2.53. The molecule has 3 saturated heterocycles. The van der Waals surface area contributed by atoms with E-state index in [1.165, 1.54) is 0 Å². The van der Waals surface area contributed by atoms with E-state index >= 15 is 0 Å². The van der Waals surface area contributed by atoms with Crippen LogP contribution >= 0.6 is 11.8 Å². The summed E-state index contributed by atoms with van der Waals surface area (Å²) in [6, 6.07) is 18.5. The molecule has 8 heteroatoms. The highest BCUT2D eigenvalue weighted by atomic mass is 32.2. The topological polar surface area (TPSA) is 98.7 Å². The zero-order chi connectivity index (χ0) is 26.0. The molecule has 37 heavy (non-hydrogen) atoms. The first-order chi connectivity index (χ1) is 17.9. The molecule has 0 aromatic heterocycles. The van der Waals surface area contributed by atoms with Gasteiger partial charge in [0.05, 0.1) is 16.6 Å². The molecule has 7 nitrogen and oxygen atoms in total. The van der Waals surface area contributed by atoms with E-state index in [-0.39, 0.29) is 24.3 Å². The van der Waals surface area contributed by atoms with Gasteiger partial charge in [0.25, 0.3) is 0 Å². The fourth-order valence-corrected chi connectivity index (χ4v) is 8.92. The number of hydrogen-bond donors (Lipinski definition) is 3. The molecule has 0 aliphatic carbocycles. The van der Waals surface area contributed by atoms with Crippen molar-refractivity contribution in [3.05, 3.63) is 66.2 Å². The van der Waals surface area contributed by atoms with E-state index in [1.54, 1.807) is 16.7 Å². The first-order valence-electron chi connectivity index (χ1n) is 13.2. The van der Waals surface area contributed by atoms with E-state index in [2.05, 4.69) is 17.6 Å². The number of carbonyl (C=O) groups excluding carboxylic acids is 3. The van der Waals surface area contributed by atoms with Crippen molar-refractivity contribution in [2.45, 2.75) is 61.1 Å².